The molecule has 0 radical (unpaired) electrons. The van der Waals surface area contributed by atoms with E-state index in [1.807, 2.05) is 13.0 Å². The summed E-state index contributed by atoms with van der Waals surface area (Å²) in [5, 5.41) is 7.13. The van der Waals surface area contributed by atoms with Crippen LogP contribution in [0.15, 0.2) is 23.2 Å². The van der Waals surface area contributed by atoms with E-state index in [0.717, 1.165) is 43.4 Å². The number of anilines is 1. The molecule has 1 aliphatic heterocycles. The lowest BCUT2D eigenvalue weighted by Crippen LogP contribution is -2.51. The quantitative estimate of drug-likeness (QED) is 0.359. The summed E-state index contributed by atoms with van der Waals surface area (Å²) in [6.45, 7) is 4.16. The highest BCUT2D eigenvalue weighted by Gasteiger charge is 2.23. The molecule has 29 heavy (non-hydrogen) atoms. The van der Waals surface area contributed by atoms with E-state index < -0.39 is 0 Å². The number of pyridine rings is 1. The molecule has 2 fully saturated rings. The van der Waals surface area contributed by atoms with Crippen molar-refractivity contribution in [1.29, 1.82) is 0 Å². The maximum absolute atomic E-state index is 12.0. The number of nitrogens with one attached hydrogen (secondary N) is 2. The lowest BCUT2D eigenvalue weighted by atomic mass is 10.1. The maximum Gasteiger partial charge on any atom is 0.243 e. The molecule has 3 rings (SSSR count). The van der Waals surface area contributed by atoms with Gasteiger partial charge >= 0.3 is 0 Å². The molecular formula is C21H35IN6O. The van der Waals surface area contributed by atoms with Crippen molar-refractivity contribution < 1.29 is 4.79 Å². The van der Waals surface area contributed by atoms with Gasteiger partial charge in [0.1, 0.15) is 12.4 Å². The Kier molecular flexibility index (Phi) is 9.45. The Morgan fingerprint density at radius 2 is 1.76 bits per heavy atom. The minimum atomic E-state index is 0. The number of carbonyl (C=O) groups is 1. The molecule has 0 unspecified atom stereocenters. The van der Waals surface area contributed by atoms with Crippen LogP contribution in [0.2, 0.25) is 0 Å². The molecule has 162 valence electrons. The number of amides is 1. The maximum atomic E-state index is 12.0. The molecule has 1 aromatic heterocycles. The van der Waals surface area contributed by atoms with Gasteiger partial charge in [0.05, 0.1) is 0 Å². The van der Waals surface area contributed by atoms with Gasteiger partial charge in [0.15, 0.2) is 5.96 Å². The van der Waals surface area contributed by atoms with Gasteiger partial charge in [-0.15, -0.1) is 24.0 Å². The first-order chi connectivity index (χ1) is 13.5. The van der Waals surface area contributed by atoms with Gasteiger partial charge in [0.2, 0.25) is 5.91 Å². The van der Waals surface area contributed by atoms with Crippen molar-refractivity contribution in [2.45, 2.75) is 57.5 Å². The van der Waals surface area contributed by atoms with Crippen molar-refractivity contribution in [3.63, 3.8) is 0 Å². The second-order valence-corrected chi connectivity index (χ2v) is 8.12. The van der Waals surface area contributed by atoms with Crippen LogP contribution in [-0.4, -0.2) is 67.6 Å². The van der Waals surface area contributed by atoms with Gasteiger partial charge in [0.25, 0.3) is 0 Å². The predicted molar refractivity (Wildman–Crippen MR) is 129 cm³/mol. The van der Waals surface area contributed by atoms with E-state index in [9.17, 15) is 4.79 Å². The second kappa shape index (κ2) is 11.6. The molecule has 2 heterocycles. The fourth-order valence-corrected chi connectivity index (χ4v) is 3.84. The number of likely N-dealkylation sites (N-methyl/N-ethyl adjacent to an activating group) is 1. The molecular weight excluding hydrogens is 479 g/mol. The van der Waals surface area contributed by atoms with E-state index in [0.29, 0.717) is 12.1 Å². The third-order valence-electron chi connectivity index (χ3n) is 5.60. The molecule has 1 saturated carbocycles. The third-order valence-corrected chi connectivity index (χ3v) is 5.60. The summed E-state index contributed by atoms with van der Waals surface area (Å²) in [6.07, 6.45) is 6.96. The van der Waals surface area contributed by atoms with E-state index in [2.05, 4.69) is 37.6 Å². The van der Waals surface area contributed by atoms with Crippen LogP contribution in [0.3, 0.4) is 0 Å². The Morgan fingerprint density at radius 3 is 2.34 bits per heavy atom. The van der Waals surface area contributed by atoms with E-state index >= 15 is 0 Å². The number of hydrogen-bond acceptors (Lipinski definition) is 4. The predicted octanol–water partition coefficient (Wildman–Crippen LogP) is 2.54. The fourth-order valence-electron chi connectivity index (χ4n) is 3.84. The fraction of sp³-hybridized carbons (Fsp3) is 0.667. The molecule has 2 aliphatic rings. The molecule has 0 aromatic carbocycles. The van der Waals surface area contributed by atoms with E-state index in [1.54, 1.807) is 19.0 Å². The topological polar surface area (TPSA) is 72.9 Å². The van der Waals surface area contributed by atoms with Crippen LogP contribution in [0.1, 0.15) is 44.2 Å². The summed E-state index contributed by atoms with van der Waals surface area (Å²) in [7, 11) is 3.54. The van der Waals surface area contributed by atoms with E-state index in [1.165, 1.54) is 25.7 Å². The van der Waals surface area contributed by atoms with Crippen LogP contribution in [0, 0.1) is 6.92 Å². The number of nitrogens with zero attached hydrogens (tertiary/aromatic N) is 4. The number of hydrogen-bond donors (Lipinski definition) is 2. The molecule has 0 atom stereocenters. The number of aryl methyl sites for hydroxylation is 1. The Balaban J connectivity index is 0.00000300. The minimum Gasteiger partial charge on any atom is -0.356 e. The zero-order chi connectivity index (χ0) is 19.9. The molecule has 2 N–H and O–H groups in total. The van der Waals surface area contributed by atoms with Crippen LogP contribution in [0.25, 0.3) is 0 Å². The summed E-state index contributed by atoms with van der Waals surface area (Å²) in [5.74, 6) is 1.87. The molecule has 0 bridgehead atoms. The van der Waals surface area contributed by atoms with Crippen LogP contribution >= 0.6 is 24.0 Å². The smallest absolute Gasteiger partial charge is 0.243 e. The number of carbonyl (C=O) groups excluding carboxylic acids is 1. The van der Waals surface area contributed by atoms with Crippen molar-refractivity contribution in [2.75, 3.05) is 38.6 Å². The molecule has 8 heteroatoms. The number of halogens is 1. The van der Waals surface area contributed by atoms with Gasteiger partial charge in [-0.05, 0) is 44.7 Å². The second-order valence-electron chi connectivity index (χ2n) is 8.12. The van der Waals surface area contributed by atoms with Crippen molar-refractivity contribution in [3.05, 3.63) is 23.9 Å². The average Bonchev–Trinajstić information content (AvgIpc) is 3.19. The monoisotopic (exact) mass is 514 g/mol. The van der Waals surface area contributed by atoms with Gasteiger partial charge in [-0.2, -0.15) is 0 Å². The standard InChI is InChI=1S/C21H34N6O.HI/c1-16-7-6-10-19(23-16)27-13-11-18(12-14-27)25-21(22-15-20(28)26(2)3)24-17-8-4-5-9-17;/h6-7,10,17-18H,4-5,8-9,11-15H2,1-3H3,(H2,22,24,25);1H. The summed E-state index contributed by atoms with van der Waals surface area (Å²) < 4.78 is 0. The highest BCUT2D eigenvalue weighted by atomic mass is 127. The third kappa shape index (κ3) is 7.31. The number of piperidine rings is 1. The summed E-state index contributed by atoms with van der Waals surface area (Å²) in [5.41, 5.74) is 1.05. The Bertz CT molecular complexity index is 682. The largest absolute Gasteiger partial charge is 0.356 e. The van der Waals surface area contributed by atoms with Gasteiger partial charge < -0.3 is 20.4 Å². The van der Waals surface area contributed by atoms with Crippen molar-refractivity contribution in [1.82, 2.24) is 20.5 Å². The SMILES string of the molecule is Cc1cccc(N2CCC(NC(=NCC(=O)N(C)C)NC3CCCC3)CC2)n1.I. The molecule has 1 aromatic rings. The molecule has 1 aliphatic carbocycles. The Morgan fingerprint density at radius 1 is 1.14 bits per heavy atom. The van der Waals surface area contributed by atoms with Crippen LogP contribution in [0.4, 0.5) is 5.82 Å². The zero-order valence-corrected chi connectivity index (χ0v) is 20.2. The first-order valence-corrected chi connectivity index (χ1v) is 10.5. The summed E-state index contributed by atoms with van der Waals surface area (Å²) in [6, 6.07) is 7.02. The number of aromatic nitrogens is 1. The minimum absolute atomic E-state index is 0. The van der Waals surface area contributed by atoms with Crippen LogP contribution < -0.4 is 15.5 Å². The van der Waals surface area contributed by atoms with Gasteiger partial charge in [0, 0.05) is 45.0 Å². The van der Waals surface area contributed by atoms with Crippen molar-refractivity contribution >= 4 is 41.7 Å². The number of guanidine groups is 1. The molecule has 1 amide bonds. The lowest BCUT2D eigenvalue weighted by Gasteiger charge is -2.34. The highest BCUT2D eigenvalue weighted by Crippen LogP contribution is 2.19. The van der Waals surface area contributed by atoms with Gasteiger partial charge in [-0.25, -0.2) is 9.98 Å². The number of aliphatic imine (C=N–C) groups is 1. The molecule has 7 nitrogen and oxygen atoms in total. The first-order valence-electron chi connectivity index (χ1n) is 10.5. The van der Waals surface area contributed by atoms with Crippen molar-refractivity contribution in [3.8, 4) is 0 Å². The highest BCUT2D eigenvalue weighted by molar-refractivity contribution is 14.0. The average molecular weight is 514 g/mol. The van der Waals surface area contributed by atoms with Gasteiger partial charge in [-0.3, -0.25) is 4.79 Å². The first kappa shape index (κ1) is 23.7. The van der Waals surface area contributed by atoms with Crippen LogP contribution in [0.5, 0.6) is 0 Å². The van der Waals surface area contributed by atoms with Gasteiger partial charge in [-0.1, -0.05) is 18.9 Å². The molecule has 0 spiro atoms. The lowest BCUT2D eigenvalue weighted by molar-refractivity contribution is -0.127. The van der Waals surface area contributed by atoms with Crippen LogP contribution in [-0.2, 0) is 4.79 Å². The zero-order valence-electron chi connectivity index (χ0n) is 17.9. The Labute approximate surface area is 191 Å². The summed E-state index contributed by atoms with van der Waals surface area (Å²) in [4.78, 5) is 25.1. The normalized spacial score (nSPS) is 18.3. The van der Waals surface area contributed by atoms with E-state index in [-0.39, 0.29) is 36.4 Å². The summed E-state index contributed by atoms with van der Waals surface area (Å²) >= 11 is 0. The Hall–Kier alpha value is -1.58. The van der Waals surface area contributed by atoms with E-state index in [4.69, 9.17) is 0 Å². The molecule has 1 saturated heterocycles. The van der Waals surface area contributed by atoms with Crippen molar-refractivity contribution in [2.24, 2.45) is 4.99 Å². The number of rotatable bonds is 5.